The molecule has 0 aromatic carbocycles. The average molecular weight is 456 g/mol. The molecule has 4 nitrogen and oxygen atoms in total. The van der Waals surface area contributed by atoms with E-state index in [1.165, 1.54) is 0 Å². The summed E-state index contributed by atoms with van der Waals surface area (Å²) < 4.78 is 25.7. The van der Waals surface area contributed by atoms with Crippen molar-refractivity contribution in [3.8, 4) is 0 Å². The maximum absolute atomic E-state index is 14.8. The third kappa shape index (κ3) is 10.9. The van der Waals surface area contributed by atoms with Gasteiger partial charge in [-0.3, -0.25) is 9.59 Å². The fourth-order valence-corrected chi connectivity index (χ4v) is 5.43. The van der Waals surface area contributed by atoms with Gasteiger partial charge in [0.1, 0.15) is 18.1 Å². The van der Waals surface area contributed by atoms with Crippen LogP contribution in [-0.4, -0.2) is 39.7 Å². The maximum atomic E-state index is 14.8. The third-order valence-electron chi connectivity index (χ3n) is 6.21. The van der Waals surface area contributed by atoms with Crippen molar-refractivity contribution < 1.29 is 23.1 Å². The summed E-state index contributed by atoms with van der Waals surface area (Å²) in [6.45, 7) is 10.6. The first-order valence-electron chi connectivity index (χ1n) is 12.2. The van der Waals surface area contributed by atoms with Crippen LogP contribution in [0.15, 0.2) is 12.2 Å². The molecular weight excluding hydrogens is 411 g/mol. The van der Waals surface area contributed by atoms with Crippen LogP contribution in [0.5, 0.6) is 0 Å². The largest absolute Gasteiger partial charge is 0.467 e. The highest BCUT2D eigenvalue weighted by Gasteiger charge is 2.40. The first-order valence-corrected chi connectivity index (χ1v) is 14.6. The molecule has 0 bridgehead atoms. The fourth-order valence-electron chi connectivity index (χ4n) is 4.56. The molecule has 0 heterocycles. The van der Waals surface area contributed by atoms with Crippen LogP contribution in [0.25, 0.3) is 0 Å². The van der Waals surface area contributed by atoms with E-state index in [1.54, 1.807) is 0 Å². The number of Topliss-reactive ketones (excluding diaryl/α,β-unsaturated/α-hetero) is 1. The number of unbranched alkanes of at least 4 members (excludes halogenated alkanes) is 2. The zero-order valence-electron chi connectivity index (χ0n) is 20.3. The van der Waals surface area contributed by atoms with E-state index in [-0.39, 0.29) is 18.0 Å². The van der Waals surface area contributed by atoms with Crippen molar-refractivity contribution in [2.75, 3.05) is 6.61 Å². The van der Waals surface area contributed by atoms with Gasteiger partial charge in [-0.1, -0.05) is 38.8 Å². The Morgan fingerprint density at radius 3 is 2.61 bits per heavy atom. The van der Waals surface area contributed by atoms with Gasteiger partial charge in [0.15, 0.2) is 0 Å². The van der Waals surface area contributed by atoms with Gasteiger partial charge in [-0.25, -0.2) is 8.82 Å². The van der Waals surface area contributed by atoms with Gasteiger partial charge in [-0.05, 0) is 57.3 Å². The molecule has 1 fully saturated rings. The minimum absolute atomic E-state index is 0.0266. The molecule has 0 amide bonds. The van der Waals surface area contributed by atoms with E-state index < -0.39 is 15.2 Å². The predicted molar refractivity (Wildman–Crippen MR) is 126 cm³/mol. The second kappa shape index (κ2) is 15.7. The van der Waals surface area contributed by atoms with E-state index in [1.807, 2.05) is 6.92 Å². The Labute approximate surface area is 191 Å². The number of carbonyl (C=O) groups is 2. The number of ether oxygens (including phenoxy) is 1. The Morgan fingerprint density at radius 2 is 1.97 bits per heavy atom. The standard InChI is InChI=1S/C25H44FO4Si/c1-6-8-14-22(26)24(30-31(4)5)17-16-20-19(3)18-23(27)21(20)13-11-9-10-12-15-25(28)29-7-2/h9,11,19-22,24H,6-8,10,12-18H2,1-5H3/q+1/b11-9-. The molecular formula is C25H44FO4Si+. The zero-order valence-corrected chi connectivity index (χ0v) is 21.3. The van der Waals surface area contributed by atoms with Crippen LogP contribution in [0.2, 0.25) is 13.1 Å². The second-order valence-corrected chi connectivity index (χ2v) is 11.2. The lowest BCUT2D eigenvalue weighted by Crippen LogP contribution is -2.31. The molecule has 0 saturated heterocycles. The summed E-state index contributed by atoms with van der Waals surface area (Å²) in [5, 5.41) is 0. The lowest BCUT2D eigenvalue weighted by atomic mass is 9.83. The monoisotopic (exact) mass is 455 g/mol. The summed E-state index contributed by atoms with van der Waals surface area (Å²) in [5.41, 5.74) is 0. The van der Waals surface area contributed by atoms with E-state index in [9.17, 15) is 14.0 Å². The van der Waals surface area contributed by atoms with Crippen molar-refractivity contribution in [1.82, 2.24) is 0 Å². The summed E-state index contributed by atoms with van der Waals surface area (Å²) in [7, 11) is -0.968. The van der Waals surface area contributed by atoms with E-state index in [4.69, 9.17) is 9.16 Å². The lowest BCUT2D eigenvalue weighted by molar-refractivity contribution is -0.143. The van der Waals surface area contributed by atoms with Gasteiger partial charge in [-0.2, -0.15) is 0 Å². The number of rotatable bonds is 16. The van der Waals surface area contributed by atoms with Crippen molar-refractivity contribution in [3.63, 3.8) is 0 Å². The number of halogens is 1. The first-order chi connectivity index (χ1) is 14.8. The van der Waals surface area contributed by atoms with Gasteiger partial charge < -0.3 is 4.74 Å². The predicted octanol–water partition coefficient (Wildman–Crippen LogP) is 6.45. The molecule has 0 radical (unpaired) electrons. The van der Waals surface area contributed by atoms with Gasteiger partial charge >= 0.3 is 15.0 Å². The molecule has 1 aliphatic rings. The van der Waals surface area contributed by atoms with Crippen molar-refractivity contribution >= 4 is 20.8 Å². The zero-order chi connectivity index (χ0) is 23.2. The number of esters is 1. The molecule has 5 atom stereocenters. The number of allylic oxidation sites excluding steroid dienone is 2. The highest BCUT2D eigenvalue weighted by molar-refractivity contribution is 6.48. The maximum Gasteiger partial charge on any atom is 0.467 e. The molecule has 31 heavy (non-hydrogen) atoms. The molecule has 5 unspecified atom stereocenters. The number of hydrogen-bond acceptors (Lipinski definition) is 4. The topological polar surface area (TPSA) is 52.6 Å². The first kappa shape index (κ1) is 28.0. The SMILES string of the molecule is CCCCC(F)C(CCC1C(C)CC(=O)C1C/C=C\CCCC(=O)OCC)O[Si+](C)C. The highest BCUT2D eigenvalue weighted by Crippen LogP contribution is 2.40. The molecule has 0 spiro atoms. The fraction of sp³-hybridized carbons (Fsp3) is 0.840. The van der Waals surface area contributed by atoms with E-state index in [0.29, 0.717) is 49.9 Å². The molecule has 0 N–H and O–H groups in total. The Kier molecular flexibility index (Phi) is 14.2. The van der Waals surface area contributed by atoms with E-state index >= 15 is 0 Å². The van der Waals surface area contributed by atoms with Crippen LogP contribution in [0.4, 0.5) is 4.39 Å². The Hall–Kier alpha value is -1.01. The van der Waals surface area contributed by atoms with Crippen molar-refractivity contribution in [2.24, 2.45) is 17.8 Å². The van der Waals surface area contributed by atoms with Gasteiger partial charge in [-0.15, -0.1) is 0 Å². The number of hydrogen-bond donors (Lipinski definition) is 0. The second-order valence-electron chi connectivity index (χ2n) is 9.12. The average Bonchev–Trinajstić information content (AvgIpc) is 2.98. The van der Waals surface area contributed by atoms with E-state index in [2.05, 4.69) is 39.1 Å². The number of carbonyl (C=O) groups excluding carboxylic acids is 2. The van der Waals surface area contributed by atoms with Crippen LogP contribution < -0.4 is 0 Å². The van der Waals surface area contributed by atoms with Crippen LogP contribution in [0, 0.1) is 17.8 Å². The Bertz CT molecular complexity index is 552. The van der Waals surface area contributed by atoms with Gasteiger partial charge in [0.25, 0.3) is 0 Å². The minimum atomic E-state index is -0.968. The molecule has 0 aliphatic heterocycles. The minimum Gasteiger partial charge on any atom is -0.466 e. The van der Waals surface area contributed by atoms with Crippen molar-refractivity contribution in [3.05, 3.63) is 12.2 Å². The molecule has 178 valence electrons. The molecule has 1 aliphatic carbocycles. The smallest absolute Gasteiger partial charge is 0.466 e. The van der Waals surface area contributed by atoms with Gasteiger partial charge in [0.05, 0.1) is 19.7 Å². The normalized spacial score (nSPS) is 23.3. The third-order valence-corrected chi connectivity index (χ3v) is 6.98. The van der Waals surface area contributed by atoms with Crippen molar-refractivity contribution in [1.29, 1.82) is 0 Å². The summed E-state index contributed by atoms with van der Waals surface area (Å²) in [6.07, 6.45) is 10.3. The van der Waals surface area contributed by atoms with Crippen LogP contribution in [-0.2, 0) is 18.8 Å². The van der Waals surface area contributed by atoms with Crippen LogP contribution in [0.3, 0.4) is 0 Å². The lowest BCUT2D eigenvalue weighted by Gasteiger charge is -2.24. The van der Waals surface area contributed by atoms with Gasteiger partial charge in [0, 0.05) is 18.8 Å². The van der Waals surface area contributed by atoms with Crippen LogP contribution in [0.1, 0.15) is 85.0 Å². The Balaban J connectivity index is 2.56. The molecule has 0 aromatic heterocycles. The van der Waals surface area contributed by atoms with Gasteiger partial charge in [0.2, 0.25) is 0 Å². The summed E-state index contributed by atoms with van der Waals surface area (Å²) >= 11 is 0. The molecule has 0 aromatic rings. The molecule has 6 heteroatoms. The summed E-state index contributed by atoms with van der Waals surface area (Å²) in [5.74, 6) is 0.854. The van der Waals surface area contributed by atoms with Crippen LogP contribution >= 0.6 is 0 Å². The molecule has 1 saturated carbocycles. The molecule has 1 rings (SSSR count). The van der Waals surface area contributed by atoms with E-state index in [0.717, 1.165) is 38.5 Å². The highest BCUT2D eigenvalue weighted by atomic mass is 28.3. The summed E-state index contributed by atoms with van der Waals surface area (Å²) in [6, 6.07) is 0. The number of alkyl halides is 1. The quantitative estimate of drug-likeness (QED) is 0.116. The Morgan fingerprint density at radius 1 is 1.23 bits per heavy atom. The number of ketones is 1. The summed E-state index contributed by atoms with van der Waals surface area (Å²) in [4.78, 5) is 24.0. The van der Waals surface area contributed by atoms with Crippen molar-refractivity contribution in [2.45, 2.75) is 110 Å².